The number of benzene rings is 2. The first-order valence-electron chi connectivity index (χ1n) is 7.90. The van der Waals surface area contributed by atoms with Crippen LogP contribution in [0.5, 0.6) is 5.75 Å². The van der Waals surface area contributed by atoms with Gasteiger partial charge in [0.05, 0.1) is 18.7 Å². The lowest BCUT2D eigenvalue weighted by Gasteiger charge is -2.26. The highest BCUT2D eigenvalue weighted by atomic mass is 16.5. The van der Waals surface area contributed by atoms with Crippen LogP contribution in [0.25, 0.3) is 10.8 Å². The minimum Gasteiger partial charge on any atom is -0.493 e. The standard InChI is InChI=1S/C18H22N2O2/c1-2-22-17-8-7-14-5-3-4-6-15(14)18(17)16(21)13-20-11-9-19-10-12-20/h3-8,19H,2,9-13H2,1H3. The SMILES string of the molecule is CCOc1ccc2ccccc2c1C(=O)CN1CCNCC1. The van der Waals surface area contributed by atoms with Crippen molar-refractivity contribution in [1.82, 2.24) is 10.2 Å². The van der Waals surface area contributed by atoms with E-state index in [0.717, 1.165) is 42.5 Å². The molecule has 116 valence electrons. The van der Waals surface area contributed by atoms with Gasteiger partial charge in [-0.3, -0.25) is 9.69 Å². The number of Topliss-reactive ketones (excluding diaryl/α,β-unsaturated/α-hetero) is 1. The Bertz CT molecular complexity index is 663. The van der Waals surface area contributed by atoms with Crippen molar-refractivity contribution in [2.45, 2.75) is 6.92 Å². The van der Waals surface area contributed by atoms with Gasteiger partial charge in [0.1, 0.15) is 5.75 Å². The van der Waals surface area contributed by atoms with Gasteiger partial charge in [0.2, 0.25) is 0 Å². The summed E-state index contributed by atoms with van der Waals surface area (Å²) in [6.07, 6.45) is 0. The van der Waals surface area contributed by atoms with Crippen LogP contribution in [0, 0.1) is 0 Å². The third-order valence-corrected chi connectivity index (χ3v) is 4.05. The van der Waals surface area contributed by atoms with Crippen molar-refractivity contribution >= 4 is 16.6 Å². The second-order valence-corrected chi connectivity index (χ2v) is 5.54. The van der Waals surface area contributed by atoms with E-state index < -0.39 is 0 Å². The molecular formula is C18H22N2O2. The number of carbonyl (C=O) groups excluding carboxylic acids is 1. The van der Waals surface area contributed by atoms with Crippen LogP contribution in [0.1, 0.15) is 17.3 Å². The van der Waals surface area contributed by atoms with E-state index in [0.29, 0.717) is 18.9 Å². The number of nitrogens with zero attached hydrogens (tertiary/aromatic N) is 1. The van der Waals surface area contributed by atoms with Crippen molar-refractivity contribution in [1.29, 1.82) is 0 Å². The Morgan fingerprint density at radius 1 is 1.18 bits per heavy atom. The van der Waals surface area contributed by atoms with Gasteiger partial charge in [-0.15, -0.1) is 0 Å². The van der Waals surface area contributed by atoms with Gasteiger partial charge < -0.3 is 10.1 Å². The zero-order chi connectivity index (χ0) is 15.4. The number of fused-ring (bicyclic) bond motifs is 1. The van der Waals surface area contributed by atoms with Crippen molar-refractivity contribution in [3.8, 4) is 5.75 Å². The number of ether oxygens (including phenoxy) is 1. The predicted molar refractivity (Wildman–Crippen MR) is 88.8 cm³/mol. The molecule has 1 aliphatic heterocycles. The van der Waals surface area contributed by atoms with Crippen molar-refractivity contribution in [2.75, 3.05) is 39.3 Å². The maximum Gasteiger partial charge on any atom is 0.181 e. The molecule has 1 saturated heterocycles. The highest BCUT2D eigenvalue weighted by molar-refractivity contribution is 6.11. The molecule has 4 heteroatoms. The summed E-state index contributed by atoms with van der Waals surface area (Å²) >= 11 is 0. The van der Waals surface area contributed by atoms with Crippen molar-refractivity contribution < 1.29 is 9.53 Å². The summed E-state index contributed by atoms with van der Waals surface area (Å²) in [7, 11) is 0. The van der Waals surface area contributed by atoms with Gasteiger partial charge in [-0.1, -0.05) is 30.3 Å². The maximum atomic E-state index is 12.9. The monoisotopic (exact) mass is 298 g/mol. The number of piperazine rings is 1. The van der Waals surface area contributed by atoms with E-state index in [2.05, 4.69) is 10.2 Å². The first-order chi connectivity index (χ1) is 10.8. The molecule has 0 aliphatic carbocycles. The highest BCUT2D eigenvalue weighted by Gasteiger charge is 2.20. The number of ketones is 1. The predicted octanol–water partition coefficient (Wildman–Crippen LogP) is 2.33. The first kappa shape index (κ1) is 15.0. The zero-order valence-electron chi connectivity index (χ0n) is 13.0. The highest BCUT2D eigenvalue weighted by Crippen LogP contribution is 2.29. The van der Waals surface area contributed by atoms with Crippen molar-refractivity contribution in [2.24, 2.45) is 0 Å². The van der Waals surface area contributed by atoms with Gasteiger partial charge in [-0.05, 0) is 23.8 Å². The molecule has 22 heavy (non-hydrogen) atoms. The maximum absolute atomic E-state index is 12.9. The lowest BCUT2D eigenvalue weighted by Crippen LogP contribution is -2.45. The molecule has 0 bridgehead atoms. The van der Waals surface area contributed by atoms with Crippen LogP contribution in [0.2, 0.25) is 0 Å². The first-order valence-corrected chi connectivity index (χ1v) is 7.90. The quantitative estimate of drug-likeness (QED) is 0.860. The summed E-state index contributed by atoms with van der Waals surface area (Å²) in [4.78, 5) is 15.1. The smallest absolute Gasteiger partial charge is 0.181 e. The van der Waals surface area contributed by atoms with Gasteiger partial charge in [-0.25, -0.2) is 0 Å². The molecule has 0 aromatic heterocycles. The molecule has 2 aromatic carbocycles. The summed E-state index contributed by atoms with van der Waals surface area (Å²) in [6.45, 7) is 6.69. The fourth-order valence-electron chi connectivity index (χ4n) is 2.97. The number of hydrogen-bond acceptors (Lipinski definition) is 4. The van der Waals surface area contributed by atoms with Crippen LogP contribution in [0.4, 0.5) is 0 Å². The molecule has 1 fully saturated rings. The number of hydrogen-bond donors (Lipinski definition) is 1. The molecule has 0 unspecified atom stereocenters. The topological polar surface area (TPSA) is 41.6 Å². The summed E-state index contributed by atoms with van der Waals surface area (Å²) in [6, 6.07) is 11.9. The fourth-order valence-corrected chi connectivity index (χ4v) is 2.97. The summed E-state index contributed by atoms with van der Waals surface area (Å²) in [5.41, 5.74) is 0.721. The van der Waals surface area contributed by atoms with Gasteiger partial charge in [-0.2, -0.15) is 0 Å². The van der Waals surface area contributed by atoms with E-state index in [4.69, 9.17) is 4.74 Å². The van der Waals surface area contributed by atoms with Crippen LogP contribution in [-0.2, 0) is 0 Å². The molecule has 1 N–H and O–H groups in total. The van der Waals surface area contributed by atoms with Gasteiger partial charge in [0.25, 0.3) is 0 Å². The minimum absolute atomic E-state index is 0.141. The van der Waals surface area contributed by atoms with Crippen LogP contribution >= 0.6 is 0 Å². The van der Waals surface area contributed by atoms with Crippen LogP contribution in [0.3, 0.4) is 0 Å². The number of rotatable bonds is 5. The third-order valence-electron chi connectivity index (χ3n) is 4.05. The molecule has 0 saturated carbocycles. The second kappa shape index (κ2) is 6.90. The fraction of sp³-hybridized carbons (Fsp3) is 0.389. The average molecular weight is 298 g/mol. The van der Waals surface area contributed by atoms with Crippen LogP contribution < -0.4 is 10.1 Å². The van der Waals surface area contributed by atoms with Gasteiger partial charge in [0.15, 0.2) is 5.78 Å². The van der Waals surface area contributed by atoms with Crippen molar-refractivity contribution in [3.05, 3.63) is 42.0 Å². The molecule has 1 heterocycles. The molecule has 0 radical (unpaired) electrons. The lowest BCUT2D eigenvalue weighted by molar-refractivity contribution is 0.0919. The Labute approximate surface area is 131 Å². The Balaban J connectivity index is 1.95. The normalized spacial score (nSPS) is 15.9. The van der Waals surface area contributed by atoms with E-state index in [1.807, 2.05) is 43.3 Å². The van der Waals surface area contributed by atoms with Crippen LogP contribution in [0.15, 0.2) is 36.4 Å². The molecule has 0 spiro atoms. The van der Waals surface area contributed by atoms with E-state index in [9.17, 15) is 4.79 Å². The van der Waals surface area contributed by atoms with E-state index in [1.54, 1.807) is 0 Å². The molecule has 1 aliphatic rings. The van der Waals surface area contributed by atoms with Gasteiger partial charge >= 0.3 is 0 Å². The third kappa shape index (κ3) is 3.13. The molecule has 0 amide bonds. The summed E-state index contributed by atoms with van der Waals surface area (Å²) in [5, 5.41) is 5.37. The average Bonchev–Trinajstić information content (AvgIpc) is 2.55. The van der Waals surface area contributed by atoms with E-state index in [1.165, 1.54) is 0 Å². The number of nitrogens with one attached hydrogen (secondary N) is 1. The second-order valence-electron chi connectivity index (χ2n) is 5.54. The Morgan fingerprint density at radius 2 is 1.95 bits per heavy atom. The zero-order valence-corrected chi connectivity index (χ0v) is 13.0. The molecular weight excluding hydrogens is 276 g/mol. The van der Waals surface area contributed by atoms with E-state index in [-0.39, 0.29) is 5.78 Å². The molecule has 3 rings (SSSR count). The Morgan fingerprint density at radius 3 is 2.73 bits per heavy atom. The molecule has 0 atom stereocenters. The Hall–Kier alpha value is -1.91. The van der Waals surface area contributed by atoms with Crippen molar-refractivity contribution in [3.63, 3.8) is 0 Å². The minimum atomic E-state index is 0.141. The summed E-state index contributed by atoms with van der Waals surface area (Å²) in [5.74, 6) is 0.837. The Kier molecular flexibility index (Phi) is 4.71. The lowest BCUT2D eigenvalue weighted by atomic mass is 9.99. The van der Waals surface area contributed by atoms with Crippen LogP contribution in [-0.4, -0.2) is 50.0 Å². The van der Waals surface area contributed by atoms with Gasteiger partial charge in [0, 0.05) is 26.2 Å². The summed E-state index contributed by atoms with van der Waals surface area (Å²) < 4.78 is 5.70. The van der Waals surface area contributed by atoms with E-state index >= 15 is 0 Å². The number of carbonyl (C=O) groups is 1. The molecule has 2 aromatic rings. The molecule has 4 nitrogen and oxygen atoms in total. The largest absolute Gasteiger partial charge is 0.493 e.